The summed E-state index contributed by atoms with van der Waals surface area (Å²) in [5.41, 5.74) is 14.6. The van der Waals surface area contributed by atoms with Gasteiger partial charge in [-0.1, -0.05) is 78.9 Å². The third-order valence-corrected chi connectivity index (χ3v) is 12.3. The fraction of sp³-hybridized carbons (Fsp3) is 0.449. The fourth-order valence-corrected chi connectivity index (χ4v) is 7.96. The van der Waals surface area contributed by atoms with Crippen molar-refractivity contribution in [2.75, 3.05) is 24.7 Å². The number of H-pyrrole nitrogens is 1. The molecule has 0 aliphatic rings. The molecule has 4 rings (SSSR count). The summed E-state index contributed by atoms with van der Waals surface area (Å²) in [6.07, 6.45) is -0.489. The molecule has 15 N–H and O–H groups in total. The summed E-state index contributed by atoms with van der Waals surface area (Å²) < 4.78 is 9.11. The van der Waals surface area contributed by atoms with Crippen LogP contribution in [0.4, 0.5) is 0 Å². The average molecular weight is 1020 g/mol. The Balaban J connectivity index is 1.64. The van der Waals surface area contributed by atoms with Crippen molar-refractivity contribution in [2.45, 2.75) is 113 Å². The van der Waals surface area contributed by atoms with Gasteiger partial charge in [-0.3, -0.25) is 33.6 Å². The highest BCUT2D eigenvalue weighted by molar-refractivity contribution is 7.80. The number of thiol groups is 2. The number of fused-ring (bicyclic) bond motifs is 1. The number of benzene rings is 3. The molecular formula is C49H68N10O10S2. The van der Waals surface area contributed by atoms with Gasteiger partial charge in [-0.2, -0.15) is 25.3 Å². The van der Waals surface area contributed by atoms with Gasteiger partial charge in [0.1, 0.15) is 36.3 Å². The Morgan fingerprint density at radius 2 is 1.13 bits per heavy atom. The van der Waals surface area contributed by atoms with E-state index >= 15 is 0 Å². The van der Waals surface area contributed by atoms with Crippen LogP contribution in [0.1, 0.15) is 49.8 Å². The third-order valence-electron chi connectivity index (χ3n) is 11.6. The summed E-state index contributed by atoms with van der Waals surface area (Å²) in [5.74, 6) is -6.66. The highest BCUT2D eigenvalue weighted by atomic mass is 32.1. The van der Waals surface area contributed by atoms with Crippen LogP contribution < -0.4 is 48.7 Å². The number of rotatable bonds is 29. The number of aliphatic hydroxyl groups is 3. The summed E-state index contributed by atoms with van der Waals surface area (Å²) in [6.45, 7) is 2.21. The van der Waals surface area contributed by atoms with E-state index < -0.39 is 108 Å². The molecule has 1 heterocycles. The number of carbonyl (C=O) groups is 7. The van der Waals surface area contributed by atoms with Crippen molar-refractivity contribution in [3.63, 3.8) is 0 Å². The van der Waals surface area contributed by atoms with Crippen LogP contribution >= 0.6 is 25.3 Å². The number of nitrogens with two attached hydrogens (primary N) is 2. The minimum absolute atomic E-state index is 0.0162. The Morgan fingerprint density at radius 3 is 1.72 bits per heavy atom. The van der Waals surface area contributed by atoms with Gasteiger partial charge in [0.15, 0.2) is 1.41 Å². The van der Waals surface area contributed by atoms with E-state index in [1.165, 1.54) is 13.8 Å². The highest BCUT2D eigenvalue weighted by Crippen LogP contribution is 2.20. The first-order valence-electron chi connectivity index (χ1n) is 23.8. The molecule has 10 atom stereocenters. The van der Waals surface area contributed by atoms with Gasteiger partial charge in [-0.25, -0.2) is 0 Å². The maximum Gasteiger partial charge on any atom is 0.245 e. The Kier molecular flexibility index (Phi) is 23.1. The molecule has 7 amide bonds. The summed E-state index contributed by atoms with van der Waals surface area (Å²) >= 11 is 8.43. The lowest BCUT2D eigenvalue weighted by Gasteiger charge is -2.28. The molecule has 20 nitrogen and oxygen atoms in total. The molecule has 0 saturated heterocycles. The minimum atomic E-state index is -1.67. The number of aromatic nitrogens is 1. The van der Waals surface area contributed by atoms with Crippen molar-refractivity contribution >= 4 is 77.5 Å². The molecular weight excluding hydrogens is 953 g/mol. The number of unbranched alkanes of at least 4 members (excludes halogenated alkanes) is 1. The number of nitrogens with one attached hydrogen (secondary N) is 8. The number of carbonyl (C=O) groups excluding carboxylic acids is 7. The molecule has 0 unspecified atom stereocenters. The normalized spacial score (nSPS) is 15.7. The zero-order chi connectivity index (χ0) is 52.9. The van der Waals surface area contributed by atoms with Gasteiger partial charge >= 0.3 is 0 Å². The predicted octanol–water partition coefficient (Wildman–Crippen LogP) is -1.34. The van der Waals surface area contributed by atoms with Gasteiger partial charge in [0.05, 0.1) is 30.9 Å². The van der Waals surface area contributed by atoms with Crippen LogP contribution in [-0.4, -0.2) is 147 Å². The summed E-state index contributed by atoms with van der Waals surface area (Å²) in [7, 11) is 0. The van der Waals surface area contributed by atoms with Crippen LogP contribution in [0.3, 0.4) is 0 Å². The van der Waals surface area contributed by atoms with Crippen LogP contribution in [-0.2, 0) is 52.8 Å². The summed E-state index contributed by atoms with van der Waals surface area (Å²) in [6, 6.07) is 13.8. The van der Waals surface area contributed by atoms with Crippen molar-refractivity contribution in [3.05, 3.63) is 108 Å². The van der Waals surface area contributed by atoms with E-state index in [9.17, 15) is 48.9 Å². The number of para-hydroxylation sites is 1. The van der Waals surface area contributed by atoms with Gasteiger partial charge in [0, 0.05) is 41.4 Å². The molecule has 386 valence electrons. The van der Waals surface area contributed by atoms with Gasteiger partial charge in [-0.05, 0) is 68.8 Å². The van der Waals surface area contributed by atoms with E-state index in [0.29, 0.717) is 29.3 Å². The van der Waals surface area contributed by atoms with Crippen molar-refractivity contribution in [1.82, 2.24) is 42.2 Å². The third kappa shape index (κ3) is 18.0. The molecule has 0 aliphatic heterocycles. The molecule has 4 aromatic rings. The Morgan fingerprint density at radius 1 is 0.606 bits per heavy atom. The van der Waals surface area contributed by atoms with Crippen LogP contribution in [0.15, 0.2) is 91.1 Å². The zero-order valence-corrected chi connectivity index (χ0v) is 41.5. The maximum absolute atomic E-state index is 14.7. The monoisotopic (exact) mass is 1020 g/mol. The lowest BCUT2D eigenvalue weighted by atomic mass is 10.0. The van der Waals surface area contributed by atoms with Gasteiger partial charge in [0.2, 0.25) is 41.4 Å². The predicted molar refractivity (Wildman–Crippen MR) is 275 cm³/mol. The molecule has 1 aromatic heterocycles. The number of aliphatic hydroxyl groups excluding tert-OH is 3. The molecule has 22 heteroatoms. The van der Waals surface area contributed by atoms with Crippen molar-refractivity contribution in [3.8, 4) is 0 Å². The second kappa shape index (κ2) is 29.4. The standard InChI is InChI=1S/C49H68N10O10S2/c1-28(61)39(25-60)56-48(68)41(27-71)58-49(69)42(29(2)62)59-44(64)36(19-11-12-20-50)53-46(66)38(23-32-24-52-35-18-10-9-17-33(32)35)55-45(65)37(22-31-15-7-4-8-16-31)54-47(67)40(26-70)57-43(63)34(51)21-30-13-5-3-6-14-30/h3-10,13-18,24,28-29,34,36-42,52,60-62,70-71H,11-12,19-23,25-27,50-51H2,1-2H3,(H,53,66)(H,54,67)(H,55,65)(H,56,68)(H,57,63)(H,58,69)(H,59,64)/t28-,29-,34-,36+,37+,38+,39-,40+,41+,42+/m1/s1/i/hD. The quantitative estimate of drug-likeness (QED) is 0.0222. The first-order valence-corrected chi connectivity index (χ1v) is 24.6. The lowest BCUT2D eigenvalue weighted by molar-refractivity contribution is -0.136. The highest BCUT2D eigenvalue weighted by Gasteiger charge is 2.35. The van der Waals surface area contributed by atoms with Crippen LogP contribution in [0.2, 0.25) is 1.41 Å². The Labute approximate surface area is 425 Å². The SMILES string of the molecule is [2H]N(C(=O)[C@H](CS)NC(=O)[C@H](N)Cc1ccccc1)[C@@H](Cc1ccccc1)C(=O)N[C@@H](Cc1c[nH]c2ccccc12)C(=O)N[C@@H](CCCCN)C(=O)N[C@H](C(=O)N[C@@H](CS)C(=O)N[C@H](CO)[C@@H](C)O)[C@@H](C)O. The molecule has 0 radical (unpaired) electrons. The molecule has 0 fully saturated rings. The van der Waals surface area contributed by atoms with E-state index in [2.05, 4.69) is 62.1 Å². The van der Waals surface area contributed by atoms with Gasteiger partial charge < -0.3 is 69.0 Å². The average Bonchev–Trinajstić information content (AvgIpc) is 3.78. The topological polar surface area (TPSA) is 332 Å². The van der Waals surface area contributed by atoms with Crippen LogP contribution in [0.25, 0.3) is 10.9 Å². The van der Waals surface area contributed by atoms with Crippen molar-refractivity contribution in [1.29, 1.82) is 0 Å². The van der Waals surface area contributed by atoms with E-state index in [1.807, 2.05) is 24.3 Å². The number of aromatic amines is 1. The zero-order valence-electron chi connectivity index (χ0n) is 40.7. The number of hydrogen-bond donors (Lipinski definition) is 15. The van der Waals surface area contributed by atoms with Crippen LogP contribution in [0, 0.1) is 0 Å². The fourth-order valence-electron chi connectivity index (χ4n) is 7.45. The summed E-state index contributed by atoms with van der Waals surface area (Å²) in [5, 5.41) is 46.7. The van der Waals surface area contributed by atoms with Crippen LogP contribution in [0.5, 0.6) is 0 Å². The summed E-state index contributed by atoms with van der Waals surface area (Å²) in [4.78, 5) is 101. The van der Waals surface area contributed by atoms with E-state index in [0.717, 1.165) is 16.5 Å². The second-order valence-corrected chi connectivity index (χ2v) is 17.9. The maximum atomic E-state index is 14.7. The molecule has 0 bridgehead atoms. The van der Waals surface area contributed by atoms with Gasteiger partial charge in [0.25, 0.3) is 0 Å². The molecule has 0 saturated carbocycles. The molecule has 3 aromatic carbocycles. The molecule has 0 aliphatic carbocycles. The van der Waals surface area contributed by atoms with E-state index in [4.69, 9.17) is 12.9 Å². The smallest absolute Gasteiger partial charge is 0.245 e. The molecule has 0 spiro atoms. The Bertz CT molecular complexity index is 2400. The van der Waals surface area contributed by atoms with E-state index in [1.54, 1.807) is 66.9 Å². The van der Waals surface area contributed by atoms with Crippen molar-refractivity contribution in [2.24, 2.45) is 11.5 Å². The van der Waals surface area contributed by atoms with Gasteiger partial charge in [-0.15, -0.1) is 0 Å². The first-order chi connectivity index (χ1) is 34.4. The largest absolute Gasteiger partial charge is 0.394 e. The minimum Gasteiger partial charge on any atom is -0.394 e. The second-order valence-electron chi connectivity index (χ2n) is 17.2. The molecule has 71 heavy (non-hydrogen) atoms. The number of hydrogen-bond acceptors (Lipinski definition) is 14. The lowest BCUT2D eigenvalue weighted by Crippen LogP contribution is -2.62. The Hall–Kier alpha value is -6.01. The van der Waals surface area contributed by atoms with Crippen molar-refractivity contribution < 1.29 is 50.3 Å². The first kappa shape index (κ1) is 55.9. The number of amides is 7. The van der Waals surface area contributed by atoms with E-state index in [-0.39, 0.29) is 43.7 Å².